The molecule has 1 aliphatic rings. The van der Waals surface area contributed by atoms with E-state index < -0.39 is 15.7 Å². The highest BCUT2D eigenvalue weighted by atomic mass is 32.2. The van der Waals surface area contributed by atoms with Crippen LogP contribution in [-0.2, 0) is 20.3 Å². The molecule has 0 bridgehead atoms. The van der Waals surface area contributed by atoms with E-state index in [1.807, 2.05) is 0 Å². The first kappa shape index (κ1) is 16.7. The molecule has 0 saturated carbocycles. The van der Waals surface area contributed by atoms with Gasteiger partial charge >= 0.3 is 0 Å². The molecule has 2 heterocycles. The highest BCUT2D eigenvalue weighted by molar-refractivity contribution is 7.90. The standard InChI is InChI=1S/C17H19NO5S/c19-17(18-11-14-5-4-9-22-14)16-13(8-10-23-16)12-24(20,21)15-6-2-1-3-7-15/h1-3,6-8,10,14H,4-5,9,11-12H2,(H,18,19)/t14-/m0/s1. The number of amides is 1. The van der Waals surface area contributed by atoms with Crippen LogP contribution in [0.25, 0.3) is 0 Å². The molecule has 1 aromatic carbocycles. The van der Waals surface area contributed by atoms with Crippen molar-refractivity contribution in [3.05, 3.63) is 54.0 Å². The van der Waals surface area contributed by atoms with E-state index in [1.54, 1.807) is 18.2 Å². The Morgan fingerprint density at radius 3 is 2.71 bits per heavy atom. The summed E-state index contributed by atoms with van der Waals surface area (Å²) in [6.07, 6.45) is 3.24. The highest BCUT2D eigenvalue weighted by Gasteiger charge is 2.23. The van der Waals surface area contributed by atoms with Crippen molar-refractivity contribution in [3.8, 4) is 0 Å². The first-order chi connectivity index (χ1) is 11.6. The van der Waals surface area contributed by atoms with Crippen LogP contribution >= 0.6 is 0 Å². The van der Waals surface area contributed by atoms with E-state index in [2.05, 4.69) is 5.32 Å². The number of hydrogen-bond donors (Lipinski definition) is 1. The third-order valence-corrected chi connectivity index (χ3v) is 5.60. The summed E-state index contributed by atoms with van der Waals surface area (Å²) in [5.41, 5.74) is 0.351. The van der Waals surface area contributed by atoms with Gasteiger partial charge < -0.3 is 14.5 Å². The Balaban J connectivity index is 1.69. The van der Waals surface area contributed by atoms with Crippen molar-refractivity contribution in [1.82, 2.24) is 5.32 Å². The van der Waals surface area contributed by atoms with Crippen molar-refractivity contribution in [1.29, 1.82) is 0 Å². The molecule has 1 N–H and O–H groups in total. The maximum absolute atomic E-state index is 12.4. The van der Waals surface area contributed by atoms with Gasteiger partial charge in [0, 0.05) is 18.7 Å². The van der Waals surface area contributed by atoms with E-state index >= 15 is 0 Å². The Labute approximate surface area is 140 Å². The van der Waals surface area contributed by atoms with Gasteiger partial charge in [-0.1, -0.05) is 18.2 Å². The third kappa shape index (κ3) is 3.85. The maximum atomic E-state index is 12.4. The minimum absolute atomic E-state index is 0.0143. The number of ether oxygens (including phenoxy) is 1. The lowest BCUT2D eigenvalue weighted by molar-refractivity contribution is 0.0834. The van der Waals surface area contributed by atoms with Gasteiger partial charge in [-0.25, -0.2) is 8.42 Å². The fourth-order valence-electron chi connectivity index (χ4n) is 2.66. The number of benzene rings is 1. The van der Waals surface area contributed by atoms with E-state index in [-0.39, 0.29) is 22.5 Å². The molecule has 1 fully saturated rings. The summed E-state index contributed by atoms with van der Waals surface area (Å²) in [5.74, 6) is -0.669. The first-order valence-corrected chi connectivity index (χ1v) is 9.45. The monoisotopic (exact) mass is 349 g/mol. The average Bonchev–Trinajstić information content (AvgIpc) is 3.25. The molecule has 128 valence electrons. The van der Waals surface area contributed by atoms with E-state index in [0.29, 0.717) is 18.7 Å². The Bertz CT molecular complexity index is 791. The molecular formula is C17H19NO5S. The summed E-state index contributed by atoms with van der Waals surface area (Å²) in [7, 11) is -3.53. The number of rotatable bonds is 6. The molecule has 1 saturated heterocycles. The summed E-state index contributed by atoms with van der Waals surface area (Å²) in [6.45, 7) is 1.10. The van der Waals surface area contributed by atoms with Gasteiger partial charge in [-0.05, 0) is 31.0 Å². The van der Waals surface area contributed by atoms with E-state index in [1.165, 1.54) is 24.5 Å². The molecule has 1 amide bonds. The van der Waals surface area contributed by atoms with Crippen LogP contribution in [0.4, 0.5) is 0 Å². The molecular weight excluding hydrogens is 330 g/mol. The second-order valence-electron chi connectivity index (χ2n) is 5.69. The molecule has 0 spiro atoms. The van der Waals surface area contributed by atoms with Gasteiger partial charge in [-0.15, -0.1) is 0 Å². The molecule has 3 rings (SSSR count). The molecule has 0 unspecified atom stereocenters. The molecule has 0 radical (unpaired) electrons. The van der Waals surface area contributed by atoms with E-state index in [9.17, 15) is 13.2 Å². The van der Waals surface area contributed by atoms with Crippen LogP contribution in [0.15, 0.2) is 52.0 Å². The Morgan fingerprint density at radius 1 is 1.21 bits per heavy atom. The zero-order valence-electron chi connectivity index (χ0n) is 13.1. The quantitative estimate of drug-likeness (QED) is 0.864. The Hall–Kier alpha value is -2.12. The van der Waals surface area contributed by atoms with Crippen LogP contribution in [0.2, 0.25) is 0 Å². The lowest BCUT2D eigenvalue weighted by atomic mass is 10.2. The summed E-state index contributed by atoms with van der Waals surface area (Å²) in [5, 5.41) is 2.74. The molecule has 0 aliphatic carbocycles. The summed E-state index contributed by atoms with van der Waals surface area (Å²) in [6, 6.07) is 9.66. The third-order valence-electron chi connectivity index (χ3n) is 3.92. The predicted molar refractivity (Wildman–Crippen MR) is 87.3 cm³/mol. The topological polar surface area (TPSA) is 85.6 Å². The smallest absolute Gasteiger partial charge is 0.287 e. The summed E-state index contributed by atoms with van der Waals surface area (Å²) < 4.78 is 35.6. The van der Waals surface area contributed by atoms with Crippen LogP contribution in [0.3, 0.4) is 0 Å². The molecule has 6 nitrogen and oxygen atoms in total. The highest BCUT2D eigenvalue weighted by Crippen LogP contribution is 2.20. The normalized spacial score (nSPS) is 17.8. The van der Waals surface area contributed by atoms with Gasteiger partial charge in [-0.3, -0.25) is 4.79 Å². The Kier molecular flexibility index (Phi) is 5.01. The second kappa shape index (κ2) is 7.19. The van der Waals surface area contributed by atoms with Crippen LogP contribution in [0, 0.1) is 0 Å². The molecule has 1 atom stereocenters. The summed E-state index contributed by atoms with van der Waals surface area (Å²) in [4.78, 5) is 12.5. The van der Waals surface area contributed by atoms with Crippen LogP contribution < -0.4 is 5.32 Å². The first-order valence-electron chi connectivity index (χ1n) is 7.80. The van der Waals surface area contributed by atoms with E-state index in [0.717, 1.165) is 12.8 Å². The van der Waals surface area contributed by atoms with Crippen molar-refractivity contribution in [2.75, 3.05) is 13.2 Å². The molecule has 1 aromatic heterocycles. The van der Waals surface area contributed by atoms with Crippen molar-refractivity contribution in [2.24, 2.45) is 0 Å². The molecule has 24 heavy (non-hydrogen) atoms. The summed E-state index contributed by atoms with van der Waals surface area (Å²) >= 11 is 0. The van der Waals surface area contributed by atoms with Gasteiger partial charge in [0.2, 0.25) is 0 Å². The van der Waals surface area contributed by atoms with Crippen molar-refractivity contribution in [2.45, 2.75) is 29.6 Å². The zero-order chi connectivity index (χ0) is 17.0. The van der Waals surface area contributed by atoms with Gasteiger partial charge in [0.1, 0.15) is 0 Å². The van der Waals surface area contributed by atoms with Gasteiger partial charge in [-0.2, -0.15) is 0 Å². The van der Waals surface area contributed by atoms with Crippen LogP contribution in [0.5, 0.6) is 0 Å². The van der Waals surface area contributed by atoms with Gasteiger partial charge in [0.25, 0.3) is 5.91 Å². The van der Waals surface area contributed by atoms with Crippen molar-refractivity contribution in [3.63, 3.8) is 0 Å². The number of sulfone groups is 1. The van der Waals surface area contributed by atoms with Crippen molar-refractivity contribution >= 4 is 15.7 Å². The molecule has 1 aliphatic heterocycles. The molecule has 7 heteroatoms. The number of carbonyl (C=O) groups is 1. The van der Waals surface area contributed by atoms with Gasteiger partial charge in [0.05, 0.1) is 23.0 Å². The number of nitrogens with one attached hydrogen (secondary N) is 1. The zero-order valence-corrected chi connectivity index (χ0v) is 13.9. The second-order valence-corrected chi connectivity index (χ2v) is 7.68. The number of carbonyl (C=O) groups excluding carboxylic acids is 1. The van der Waals surface area contributed by atoms with Crippen LogP contribution in [0.1, 0.15) is 29.0 Å². The SMILES string of the molecule is O=C(NC[C@@H]1CCCO1)c1occc1CS(=O)(=O)c1ccccc1. The number of hydrogen-bond acceptors (Lipinski definition) is 5. The fourth-order valence-corrected chi connectivity index (χ4v) is 4.03. The van der Waals surface area contributed by atoms with Gasteiger partial charge in [0.15, 0.2) is 15.6 Å². The lowest BCUT2D eigenvalue weighted by Gasteiger charge is -2.10. The fraction of sp³-hybridized carbons (Fsp3) is 0.353. The number of furan rings is 1. The largest absolute Gasteiger partial charge is 0.459 e. The predicted octanol–water partition coefficient (Wildman–Crippen LogP) is 2.16. The average molecular weight is 349 g/mol. The Morgan fingerprint density at radius 2 is 2.00 bits per heavy atom. The van der Waals surface area contributed by atoms with Crippen molar-refractivity contribution < 1.29 is 22.4 Å². The van der Waals surface area contributed by atoms with E-state index in [4.69, 9.17) is 9.15 Å². The minimum atomic E-state index is -3.53. The minimum Gasteiger partial charge on any atom is -0.459 e. The molecule has 2 aromatic rings. The maximum Gasteiger partial charge on any atom is 0.287 e. The lowest BCUT2D eigenvalue weighted by Crippen LogP contribution is -2.32. The van der Waals surface area contributed by atoms with Crippen LogP contribution in [-0.4, -0.2) is 33.6 Å².